The molecule has 2 rings (SSSR count). The summed E-state index contributed by atoms with van der Waals surface area (Å²) >= 11 is 6.12. The standard InChI is InChI=1S/C11H11ClN2O2/c1-6-3-4-7(12)10(11(6)15-2)8-5-9(13)16-14-8/h3-5H,13H2,1-2H3. The summed E-state index contributed by atoms with van der Waals surface area (Å²) in [5.41, 5.74) is 7.73. The van der Waals surface area contributed by atoms with Gasteiger partial charge in [-0.15, -0.1) is 0 Å². The van der Waals surface area contributed by atoms with E-state index in [0.29, 0.717) is 22.0 Å². The van der Waals surface area contributed by atoms with Gasteiger partial charge in [-0.2, -0.15) is 0 Å². The van der Waals surface area contributed by atoms with Crippen molar-refractivity contribution in [3.05, 3.63) is 28.8 Å². The number of halogens is 1. The van der Waals surface area contributed by atoms with Gasteiger partial charge in [0.25, 0.3) is 0 Å². The number of hydrogen-bond donors (Lipinski definition) is 1. The molecule has 16 heavy (non-hydrogen) atoms. The van der Waals surface area contributed by atoms with Gasteiger partial charge >= 0.3 is 0 Å². The van der Waals surface area contributed by atoms with E-state index in [2.05, 4.69) is 5.16 Å². The molecule has 1 aromatic carbocycles. The number of nitrogens with two attached hydrogens (primary N) is 1. The molecule has 2 N–H and O–H groups in total. The molecule has 2 aromatic rings. The van der Waals surface area contributed by atoms with Crippen LogP contribution < -0.4 is 10.5 Å². The summed E-state index contributed by atoms with van der Waals surface area (Å²) in [6.07, 6.45) is 0. The highest BCUT2D eigenvalue weighted by Crippen LogP contribution is 2.38. The molecule has 84 valence electrons. The van der Waals surface area contributed by atoms with Crippen LogP contribution in [0, 0.1) is 6.92 Å². The molecule has 0 saturated heterocycles. The first-order valence-corrected chi connectivity index (χ1v) is 5.07. The lowest BCUT2D eigenvalue weighted by molar-refractivity contribution is 0.411. The van der Waals surface area contributed by atoms with Crippen molar-refractivity contribution in [3.63, 3.8) is 0 Å². The molecule has 0 aliphatic carbocycles. The predicted octanol–water partition coefficient (Wildman–Crippen LogP) is 2.89. The zero-order valence-corrected chi connectivity index (χ0v) is 9.71. The fourth-order valence-corrected chi connectivity index (χ4v) is 1.82. The van der Waals surface area contributed by atoms with Gasteiger partial charge in [-0.25, -0.2) is 0 Å². The van der Waals surface area contributed by atoms with Crippen LogP contribution >= 0.6 is 11.6 Å². The molecule has 5 heteroatoms. The fourth-order valence-electron chi connectivity index (χ4n) is 1.57. The number of ether oxygens (including phenoxy) is 1. The molecular formula is C11H11ClN2O2. The first-order chi connectivity index (χ1) is 7.63. The number of nitrogens with zero attached hydrogens (tertiary/aromatic N) is 1. The van der Waals surface area contributed by atoms with Crippen LogP contribution in [0.5, 0.6) is 5.75 Å². The van der Waals surface area contributed by atoms with Gasteiger partial charge in [-0.3, -0.25) is 0 Å². The minimum absolute atomic E-state index is 0.245. The third-order valence-electron chi connectivity index (χ3n) is 2.29. The molecule has 1 heterocycles. The van der Waals surface area contributed by atoms with Crippen molar-refractivity contribution in [2.45, 2.75) is 6.92 Å². The monoisotopic (exact) mass is 238 g/mol. The molecule has 4 nitrogen and oxygen atoms in total. The van der Waals surface area contributed by atoms with E-state index in [9.17, 15) is 0 Å². The minimum atomic E-state index is 0.245. The van der Waals surface area contributed by atoms with Crippen LogP contribution in [-0.2, 0) is 0 Å². The van der Waals surface area contributed by atoms with Crippen molar-refractivity contribution in [1.29, 1.82) is 0 Å². The van der Waals surface area contributed by atoms with Gasteiger partial charge in [0, 0.05) is 6.07 Å². The lowest BCUT2D eigenvalue weighted by Crippen LogP contribution is -1.92. The highest BCUT2D eigenvalue weighted by atomic mass is 35.5. The predicted molar refractivity (Wildman–Crippen MR) is 62.7 cm³/mol. The van der Waals surface area contributed by atoms with Crippen molar-refractivity contribution < 1.29 is 9.26 Å². The Morgan fingerprint density at radius 3 is 2.75 bits per heavy atom. The molecule has 0 aliphatic rings. The van der Waals surface area contributed by atoms with Crippen molar-refractivity contribution in [3.8, 4) is 17.0 Å². The minimum Gasteiger partial charge on any atom is -0.496 e. The lowest BCUT2D eigenvalue weighted by atomic mass is 10.1. The Hall–Kier alpha value is -1.68. The van der Waals surface area contributed by atoms with Crippen molar-refractivity contribution >= 4 is 17.5 Å². The van der Waals surface area contributed by atoms with Gasteiger partial charge in [0.1, 0.15) is 11.4 Å². The molecule has 0 unspecified atom stereocenters. The van der Waals surface area contributed by atoms with Crippen LogP contribution in [-0.4, -0.2) is 12.3 Å². The van der Waals surface area contributed by atoms with Crippen LogP contribution in [0.25, 0.3) is 11.3 Å². The van der Waals surface area contributed by atoms with Gasteiger partial charge in [0.05, 0.1) is 17.7 Å². The summed E-state index contributed by atoms with van der Waals surface area (Å²) in [7, 11) is 1.59. The lowest BCUT2D eigenvalue weighted by Gasteiger charge is -2.10. The third-order valence-corrected chi connectivity index (χ3v) is 2.61. The Kier molecular flexibility index (Phi) is 2.75. The van der Waals surface area contributed by atoms with Crippen LogP contribution in [0.4, 0.5) is 5.88 Å². The van der Waals surface area contributed by atoms with Gasteiger partial charge in [0.2, 0.25) is 5.88 Å². The molecule has 0 spiro atoms. The number of rotatable bonds is 2. The van der Waals surface area contributed by atoms with Crippen molar-refractivity contribution in [2.75, 3.05) is 12.8 Å². The first kappa shape index (κ1) is 10.8. The summed E-state index contributed by atoms with van der Waals surface area (Å²) in [6, 6.07) is 5.29. The molecule has 0 radical (unpaired) electrons. The van der Waals surface area contributed by atoms with Crippen LogP contribution in [0.3, 0.4) is 0 Å². The van der Waals surface area contributed by atoms with E-state index in [-0.39, 0.29) is 5.88 Å². The van der Waals surface area contributed by atoms with Crippen LogP contribution in [0.15, 0.2) is 22.7 Å². The Labute approximate surface area is 97.9 Å². The van der Waals surface area contributed by atoms with E-state index in [1.165, 1.54) is 0 Å². The number of nitrogen functional groups attached to an aromatic ring is 1. The average Bonchev–Trinajstić information content (AvgIpc) is 2.67. The molecule has 1 aromatic heterocycles. The van der Waals surface area contributed by atoms with Crippen LogP contribution in [0.2, 0.25) is 5.02 Å². The maximum absolute atomic E-state index is 6.12. The van der Waals surface area contributed by atoms with Gasteiger partial charge in [-0.1, -0.05) is 22.8 Å². The third kappa shape index (κ3) is 1.72. The molecule has 0 aliphatic heterocycles. The van der Waals surface area contributed by atoms with Crippen LogP contribution in [0.1, 0.15) is 5.56 Å². The smallest absolute Gasteiger partial charge is 0.222 e. The Balaban J connectivity index is 2.67. The number of aromatic nitrogens is 1. The van der Waals surface area contributed by atoms with E-state index in [4.69, 9.17) is 26.6 Å². The average molecular weight is 239 g/mol. The van der Waals surface area contributed by atoms with Crippen molar-refractivity contribution in [2.24, 2.45) is 0 Å². The van der Waals surface area contributed by atoms with Gasteiger partial charge in [0.15, 0.2) is 0 Å². The molecule has 0 amide bonds. The SMILES string of the molecule is COc1c(C)ccc(Cl)c1-c1cc(N)on1. The first-order valence-electron chi connectivity index (χ1n) is 4.69. The number of aryl methyl sites for hydroxylation is 1. The van der Waals surface area contributed by atoms with Crippen molar-refractivity contribution in [1.82, 2.24) is 5.16 Å². The molecule has 0 fully saturated rings. The van der Waals surface area contributed by atoms with Gasteiger partial charge in [-0.05, 0) is 18.6 Å². The van der Waals surface area contributed by atoms with E-state index < -0.39 is 0 Å². The normalized spacial score (nSPS) is 10.4. The van der Waals surface area contributed by atoms with E-state index in [1.54, 1.807) is 19.2 Å². The molecule has 0 atom stereocenters. The van der Waals surface area contributed by atoms with Gasteiger partial charge < -0.3 is 15.0 Å². The highest BCUT2D eigenvalue weighted by Gasteiger charge is 2.16. The number of anilines is 1. The largest absolute Gasteiger partial charge is 0.496 e. The fraction of sp³-hybridized carbons (Fsp3) is 0.182. The molecular weight excluding hydrogens is 228 g/mol. The summed E-state index contributed by atoms with van der Waals surface area (Å²) in [6.45, 7) is 1.93. The Bertz CT molecular complexity index is 523. The van der Waals surface area contributed by atoms with E-state index in [0.717, 1.165) is 5.56 Å². The topological polar surface area (TPSA) is 61.3 Å². The zero-order chi connectivity index (χ0) is 11.7. The van der Waals surface area contributed by atoms with E-state index >= 15 is 0 Å². The van der Waals surface area contributed by atoms with E-state index in [1.807, 2.05) is 13.0 Å². The summed E-state index contributed by atoms with van der Waals surface area (Å²) in [5, 5.41) is 4.38. The second-order valence-electron chi connectivity index (χ2n) is 3.39. The second-order valence-corrected chi connectivity index (χ2v) is 3.79. The Morgan fingerprint density at radius 2 is 2.19 bits per heavy atom. The summed E-state index contributed by atoms with van der Waals surface area (Å²) in [4.78, 5) is 0. The summed E-state index contributed by atoms with van der Waals surface area (Å²) < 4.78 is 10.1. The molecule has 0 saturated carbocycles. The number of benzene rings is 1. The number of methoxy groups -OCH3 is 1. The second kappa shape index (κ2) is 4.06. The maximum Gasteiger partial charge on any atom is 0.222 e. The maximum atomic E-state index is 6.12. The zero-order valence-electron chi connectivity index (χ0n) is 8.95. The highest BCUT2D eigenvalue weighted by molar-refractivity contribution is 6.33. The summed E-state index contributed by atoms with van der Waals surface area (Å²) in [5.74, 6) is 0.926. The number of hydrogen-bond acceptors (Lipinski definition) is 4. The quantitative estimate of drug-likeness (QED) is 0.874. The molecule has 0 bridgehead atoms. The Morgan fingerprint density at radius 1 is 1.44 bits per heavy atom.